The van der Waals surface area contributed by atoms with Crippen molar-refractivity contribution in [3.63, 3.8) is 0 Å². The van der Waals surface area contributed by atoms with E-state index in [4.69, 9.17) is 4.98 Å². The van der Waals surface area contributed by atoms with Crippen molar-refractivity contribution in [2.24, 2.45) is 5.92 Å². The molecule has 1 saturated heterocycles. The fourth-order valence-corrected chi connectivity index (χ4v) is 6.16. The molecule has 2 aromatic rings. The van der Waals surface area contributed by atoms with Crippen LogP contribution in [0.1, 0.15) is 55.9 Å². The number of nitrogens with one attached hydrogen (secondary N) is 1. The van der Waals surface area contributed by atoms with Gasteiger partial charge in [0.1, 0.15) is 5.82 Å². The topological polar surface area (TPSA) is 88.0 Å². The van der Waals surface area contributed by atoms with Crippen molar-refractivity contribution in [3.05, 3.63) is 35.5 Å². The number of halogens is 3. The zero-order valence-electron chi connectivity index (χ0n) is 22.1. The summed E-state index contributed by atoms with van der Waals surface area (Å²) in [6.07, 6.45) is 1.84. The molecule has 2 saturated carbocycles. The number of aromatic nitrogens is 2. The van der Waals surface area contributed by atoms with E-state index in [9.17, 15) is 23.4 Å². The Morgan fingerprint density at radius 2 is 1.64 bits per heavy atom. The Morgan fingerprint density at radius 1 is 0.923 bits per heavy atom. The Kier molecular flexibility index (Phi) is 7.43. The quantitative estimate of drug-likeness (QED) is 0.484. The number of anilines is 2. The molecule has 6 rings (SSSR count). The monoisotopic (exact) mass is 546 g/mol. The predicted octanol–water partition coefficient (Wildman–Crippen LogP) is 3.76. The molecular weight excluding hydrogens is 509 g/mol. The molecule has 8 nitrogen and oxygen atoms in total. The van der Waals surface area contributed by atoms with Gasteiger partial charge in [0.15, 0.2) is 6.23 Å². The van der Waals surface area contributed by atoms with Gasteiger partial charge in [-0.3, -0.25) is 9.80 Å². The van der Waals surface area contributed by atoms with Crippen molar-refractivity contribution in [2.45, 2.75) is 69.6 Å². The summed E-state index contributed by atoms with van der Waals surface area (Å²) < 4.78 is 38.3. The number of hydrogen-bond donors (Lipinski definition) is 3. The number of aliphatic hydroxyl groups excluding tert-OH is 2. The zero-order valence-corrected chi connectivity index (χ0v) is 22.1. The largest absolute Gasteiger partial charge is 0.401 e. The van der Waals surface area contributed by atoms with Crippen LogP contribution in [0, 0.1) is 5.92 Å². The molecule has 1 atom stereocenters. The number of alkyl halides is 3. The van der Waals surface area contributed by atoms with Crippen LogP contribution in [0.4, 0.5) is 24.9 Å². The Bertz CT molecular complexity index is 1160. The molecule has 3 fully saturated rings. The van der Waals surface area contributed by atoms with Gasteiger partial charge in [-0.25, -0.2) is 4.98 Å². The second kappa shape index (κ2) is 10.8. The van der Waals surface area contributed by atoms with Gasteiger partial charge in [-0.15, -0.1) is 0 Å². The lowest BCUT2D eigenvalue weighted by molar-refractivity contribution is -0.149. The van der Waals surface area contributed by atoms with E-state index in [1.807, 2.05) is 29.3 Å². The summed E-state index contributed by atoms with van der Waals surface area (Å²) >= 11 is 0. The van der Waals surface area contributed by atoms with E-state index in [2.05, 4.69) is 15.2 Å². The maximum absolute atomic E-state index is 12.8. The lowest BCUT2D eigenvalue weighted by Gasteiger charge is -2.43. The van der Waals surface area contributed by atoms with Gasteiger partial charge in [0.05, 0.1) is 12.6 Å². The van der Waals surface area contributed by atoms with Crippen LogP contribution in [0.2, 0.25) is 0 Å². The van der Waals surface area contributed by atoms with Crippen molar-refractivity contribution in [2.75, 3.05) is 49.5 Å². The van der Waals surface area contributed by atoms with Crippen molar-refractivity contribution in [1.29, 1.82) is 0 Å². The molecule has 4 aliphatic rings. The maximum atomic E-state index is 12.8. The van der Waals surface area contributed by atoms with Crippen LogP contribution < -0.4 is 10.2 Å². The van der Waals surface area contributed by atoms with Crippen LogP contribution in [0.5, 0.6) is 0 Å². The van der Waals surface area contributed by atoms with Crippen LogP contribution in [-0.4, -0.2) is 87.6 Å². The fourth-order valence-electron chi connectivity index (χ4n) is 6.16. The van der Waals surface area contributed by atoms with E-state index in [1.54, 1.807) is 0 Å². The SMILES string of the molecule is OC1CCC(N2c3nc(NCC4CC4)ncc3-c3ccc(CN4CCN(CC(F)(F)F)CC4)cc3C2O)CC1. The second-order valence-corrected chi connectivity index (χ2v) is 11.6. The smallest absolute Gasteiger partial charge is 0.393 e. The summed E-state index contributed by atoms with van der Waals surface area (Å²) in [6, 6.07) is 6.11. The van der Waals surface area contributed by atoms with E-state index in [1.165, 1.54) is 17.7 Å². The first-order chi connectivity index (χ1) is 18.7. The molecule has 0 bridgehead atoms. The molecule has 0 spiro atoms. The maximum Gasteiger partial charge on any atom is 0.401 e. The van der Waals surface area contributed by atoms with Crippen molar-refractivity contribution in [3.8, 4) is 11.1 Å². The van der Waals surface area contributed by atoms with Crippen molar-refractivity contribution < 1.29 is 23.4 Å². The highest BCUT2D eigenvalue weighted by molar-refractivity contribution is 5.82. The number of piperazine rings is 1. The van der Waals surface area contributed by atoms with Crippen LogP contribution in [0.25, 0.3) is 11.1 Å². The third kappa shape index (κ3) is 6.16. The molecule has 2 aliphatic heterocycles. The molecular formula is C28H37F3N6O2. The molecule has 3 heterocycles. The van der Waals surface area contributed by atoms with Gasteiger partial charge in [0.25, 0.3) is 0 Å². The van der Waals surface area contributed by atoms with Gasteiger partial charge in [-0.1, -0.05) is 12.1 Å². The van der Waals surface area contributed by atoms with Crippen LogP contribution in [0.15, 0.2) is 24.4 Å². The molecule has 11 heteroatoms. The molecule has 212 valence electrons. The minimum atomic E-state index is -4.17. The van der Waals surface area contributed by atoms with Gasteiger partial charge >= 0.3 is 6.18 Å². The molecule has 39 heavy (non-hydrogen) atoms. The van der Waals surface area contributed by atoms with E-state index >= 15 is 0 Å². The van der Waals surface area contributed by atoms with Gasteiger partial charge in [0.2, 0.25) is 5.95 Å². The Balaban J connectivity index is 1.23. The number of rotatable bonds is 7. The summed E-state index contributed by atoms with van der Waals surface area (Å²) in [5, 5.41) is 25.2. The lowest BCUT2D eigenvalue weighted by atomic mass is 9.87. The second-order valence-electron chi connectivity index (χ2n) is 11.6. The number of hydrogen-bond acceptors (Lipinski definition) is 8. The first kappa shape index (κ1) is 26.7. The Hall–Kier alpha value is -2.47. The molecule has 1 aromatic heterocycles. The summed E-state index contributed by atoms with van der Waals surface area (Å²) in [5.74, 6) is 1.97. The van der Waals surface area contributed by atoms with E-state index in [-0.39, 0.29) is 12.1 Å². The zero-order chi connectivity index (χ0) is 27.1. The Labute approximate surface area is 226 Å². The molecule has 3 N–H and O–H groups in total. The first-order valence-electron chi connectivity index (χ1n) is 14.1. The minimum absolute atomic E-state index is 0.0480. The third-order valence-corrected chi connectivity index (χ3v) is 8.54. The summed E-state index contributed by atoms with van der Waals surface area (Å²) in [5.41, 5.74) is 3.59. The molecule has 0 amide bonds. The molecule has 1 unspecified atom stereocenters. The van der Waals surface area contributed by atoms with E-state index < -0.39 is 18.9 Å². The first-order valence-corrected chi connectivity index (χ1v) is 14.1. The number of aliphatic hydroxyl groups is 2. The van der Waals surface area contributed by atoms with E-state index in [0.717, 1.165) is 47.5 Å². The highest BCUT2D eigenvalue weighted by Crippen LogP contribution is 2.46. The molecule has 0 radical (unpaired) electrons. The molecule has 1 aromatic carbocycles. The number of benzene rings is 1. The summed E-state index contributed by atoms with van der Waals surface area (Å²) in [7, 11) is 0. The van der Waals surface area contributed by atoms with Crippen LogP contribution in [0.3, 0.4) is 0 Å². The minimum Gasteiger partial charge on any atom is -0.393 e. The van der Waals surface area contributed by atoms with Crippen LogP contribution >= 0.6 is 0 Å². The van der Waals surface area contributed by atoms with Crippen LogP contribution in [-0.2, 0) is 6.54 Å². The fraction of sp³-hybridized carbons (Fsp3) is 0.643. The summed E-state index contributed by atoms with van der Waals surface area (Å²) in [6.45, 7) is 2.51. The average molecular weight is 547 g/mol. The lowest BCUT2D eigenvalue weighted by Crippen LogP contribution is -2.48. The van der Waals surface area contributed by atoms with Gasteiger partial charge < -0.3 is 20.4 Å². The Morgan fingerprint density at radius 3 is 2.33 bits per heavy atom. The highest BCUT2D eigenvalue weighted by atomic mass is 19.4. The highest BCUT2D eigenvalue weighted by Gasteiger charge is 2.38. The van der Waals surface area contributed by atoms with Crippen molar-refractivity contribution in [1.82, 2.24) is 19.8 Å². The number of fused-ring (bicyclic) bond motifs is 3. The van der Waals surface area contributed by atoms with Gasteiger partial charge in [0, 0.05) is 62.6 Å². The normalized spacial score (nSPS) is 26.3. The van der Waals surface area contributed by atoms with Gasteiger partial charge in [-0.05, 0) is 61.6 Å². The third-order valence-electron chi connectivity index (χ3n) is 8.54. The standard InChI is InChI=1S/C28H37F3N6O2/c29-28(30,31)17-36-11-9-35(10-12-36)16-19-3-8-22-23(13-19)26(39)37(20-4-6-21(38)7-5-20)25-24(22)15-33-27(34-25)32-14-18-1-2-18/h3,8,13,15,18,20-21,26,38-39H,1-2,4-7,9-12,14,16-17H2,(H,32,33,34). The van der Waals surface area contributed by atoms with Gasteiger partial charge in [-0.2, -0.15) is 18.2 Å². The van der Waals surface area contributed by atoms with Crippen molar-refractivity contribution >= 4 is 11.8 Å². The molecule has 2 aliphatic carbocycles. The van der Waals surface area contributed by atoms with E-state index in [0.29, 0.717) is 57.4 Å². The number of nitrogens with zero attached hydrogens (tertiary/aromatic N) is 5. The average Bonchev–Trinajstić information content (AvgIpc) is 3.74. The summed E-state index contributed by atoms with van der Waals surface area (Å²) in [4.78, 5) is 15.1. The predicted molar refractivity (Wildman–Crippen MR) is 142 cm³/mol.